The first-order chi connectivity index (χ1) is 12.6. The summed E-state index contributed by atoms with van der Waals surface area (Å²) in [6, 6.07) is 11.9. The third-order valence-electron chi connectivity index (χ3n) is 5.20. The number of fused-ring (bicyclic) bond motifs is 1. The van der Waals surface area contributed by atoms with Crippen molar-refractivity contribution in [1.82, 2.24) is 5.32 Å². The number of benzene rings is 2. The normalized spacial score (nSPS) is 16.8. The van der Waals surface area contributed by atoms with Crippen molar-refractivity contribution in [3.8, 4) is 0 Å². The predicted octanol–water partition coefficient (Wildman–Crippen LogP) is 3.59. The maximum Gasteiger partial charge on any atom is 0.251 e. The molecule has 2 aliphatic rings. The highest BCUT2D eigenvalue weighted by molar-refractivity contribution is 6.03. The van der Waals surface area contributed by atoms with Gasteiger partial charge in [0.2, 0.25) is 5.91 Å². The van der Waals surface area contributed by atoms with Crippen molar-refractivity contribution in [1.29, 1.82) is 0 Å². The Morgan fingerprint density at radius 3 is 2.73 bits per heavy atom. The number of hydrogen-bond donors (Lipinski definition) is 1. The van der Waals surface area contributed by atoms with Gasteiger partial charge in [-0.1, -0.05) is 25.0 Å². The lowest BCUT2D eigenvalue weighted by Crippen LogP contribution is -2.32. The molecule has 2 amide bonds. The average molecular weight is 352 g/mol. The number of nitrogens with one attached hydrogen (secondary N) is 1. The van der Waals surface area contributed by atoms with Crippen LogP contribution in [0.5, 0.6) is 0 Å². The van der Waals surface area contributed by atoms with E-state index in [1.807, 2.05) is 12.1 Å². The van der Waals surface area contributed by atoms with Crippen LogP contribution in [-0.4, -0.2) is 17.9 Å². The van der Waals surface area contributed by atoms with Crippen LogP contribution in [0.3, 0.4) is 0 Å². The highest BCUT2D eigenvalue weighted by Gasteiger charge is 2.28. The lowest BCUT2D eigenvalue weighted by atomic mass is 10.1. The SMILES string of the molecule is O=C(NC1CCCC1)c1ccc2c(c1)CC(=O)N2Cc1cccc(F)c1. The molecular weight excluding hydrogens is 331 g/mol. The van der Waals surface area contributed by atoms with E-state index in [1.165, 1.54) is 25.0 Å². The van der Waals surface area contributed by atoms with Gasteiger partial charge in [-0.25, -0.2) is 4.39 Å². The largest absolute Gasteiger partial charge is 0.349 e. The summed E-state index contributed by atoms with van der Waals surface area (Å²) >= 11 is 0. The van der Waals surface area contributed by atoms with Gasteiger partial charge in [0, 0.05) is 17.3 Å². The van der Waals surface area contributed by atoms with Crippen LogP contribution in [-0.2, 0) is 17.8 Å². The fraction of sp³-hybridized carbons (Fsp3) is 0.333. The standard InChI is InChI=1S/C21H21FN2O2/c22-17-5-3-4-14(10-17)13-24-19-9-8-15(11-16(19)12-20(24)25)21(26)23-18-6-1-2-7-18/h3-5,8-11,18H,1-2,6-7,12-13H2,(H,23,26). The molecule has 1 aliphatic heterocycles. The fourth-order valence-corrected chi connectivity index (χ4v) is 3.85. The molecule has 1 heterocycles. The van der Waals surface area contributed by atoms with Gasteiger partial charge >= 0.3 is 0 Å². The van der Waals surface area contributed by atoms with Crippen LogP contribution in [0.2, 0.25) is 0 Å². The highest BCUT2D eigenvalue weighted by atomic mass is 19.1. The first-order valence-electron chi connectivity index (χ1n) is 9.09. The zero-order valence-electron chi connectivity index (χ0n) is 14.5. The summed E-state index contributed by atoms with van der Waals surface area (Å²) in [4.78, 5) is 26.5. The summed E-state index contributed by atoms with van der Waals surface area (Å²) in [5.41, 5.74) is 2.99. The number of amides is 2. The van der Waals surface area contributed by atoms with Gasteiger partial charge in [-0.2, -0.15) is 0 Å². The zero-order valence-corrected chi connectivity index (χ0v) is 14.5. The Bertz CT molecular complexity index is 859. The van der Waals surface area contributed by atoms with E-state index in [0.29, 0.717) is 12.1 Å². The van der Waals surface area contributed by atoms with Crippen LogP contribution >= 0.6 is 0 Å². The molecule has 1 saturated carbocycles. The average Bonchev–Trinajstić information content (AvgIpc) is 3.23. The molecule has 4 nitrogen and oxygen atoms in total. The molecule has 0 saturated heterocycles. The van der Waals surface area contributed by atoms with Gasteiger partial charge in [-0.05, 0) is 54.3 Å². The summed E-state index contributed by atoms with van der Waals surface area (Å²) in [6.07, 6.45) is 4.68. The van der Waals surface area contributed by atoms with E-state index < -0.39 is 0 Å². The Morgan fingerprint density at radius 2 is 1.96 bits per heavy atom. The third-order valence-corrected chi connectivity index (χ3v) is 5.20. The monoisotopic (exact) mass is 352 g/mol. The van der Waals surface area contributed by atoms with Crippen LogP contribution in [0.1, 0.15) is 47.2 Å². The molecule has 0 bridgehead atoms. The Morgan fingerprint density at radius 1 is 1.15 bits per heavy atom. The van der Waals surface area contributed by atoms with E-state index in [9.17, 15) is 14.0 Å². The van der Waals surface area contributed by atoms with Crippen molar-refractivity contribution in [2.45, 2.75) is 44.7 Å². The minimum Gasteiger partial charge on any atom is -0.349 e. The minimum absolute atomic E-state index is 0.0300. The van der Waals surface area contributed by atoms with Gasteiger partial charge in [0.05, 0.1) is 13.0 Å². The van der Waals surface area contributed by atoms with Crippen LogP contribution in [0, 0.1) is 5.82 Å². The summed E-state index contributed by atoms with van der Waals surface area (Å²) < 4.78 is 13.4. The number of rotatable bonds is 4. The van der Waals surface area contributed by atoms with Gasteiger partial charge in [-0.3, -0.25) is 9.59 Å². The molecule has 2 aromatic carbocycles. The van der Waals surface area contributed by atoms with Crippen molar-refractivity contribution in [2.24, 2.45) is 0 Å². The molecule has 0 atom stereocenters. The van der Waals surface area contributed by atoms with E-state index in [2.05, 4.69) is 5.32 Å². The van der Waals surface area contributed by atoms with E-state index in [0.717, 1.165) is 29.7 Å². The van der Waals surface area contributed by atoms with Crippen LogP contribution < -0.4 is 10.2 Å². The van der Waals surface area contributed by atoms with Crippen molar-refractivity contribution < 1.29 is 14.0 Å². The van der Waals surface area contributed by atoms with Crippen LogP contribution in [0.15, 0.2) is 42.5 Å². The molecule has 4 rings (SSSR count). The fourth-order valence-electron chi connectivity index (χ4n) is 3.85. The second kappa shape index (κ2) is 6.90. The molecule has 26 heavy (non-hydrogen) atoms. The maximum atomic E-state index is 13.4. The number of nitrogens with zero attached hydrogens (tertiary/aromatic N) is 1. The molecule has 1 aliphatic carbocycles. The first kappa shape index (κ1) is 16.8. The van der Waals surface area contributed by atoms with E-state index in [1.54, 1.807) is 23.1 Å². The zero-order chi connectivity index (χ0) is 18.1. The molecule has 5 heteroatoms. The number of anilines is 1. The van der Waals surface area contributed by atoms with Crippen molar-refractivity contribution in [2.75, 3.05) is 4.90 Å². The topological polar surface area (TPSA) is 49.4 Å². The molecule has 1 N–H and O–H groups in total. The molecule has 0 unspecified atom stereocenters. The maximum absolute atomic E-state index is 13.4. The van der Waals surface area contributed by atoms with Gasteiger partial charge in [0.1, 0.15) is 5.82 Å². The molecule has 134 valence electrons. The molecule has 0 spiro atoms. The molecule has 2 aromatic rings. The number of carbonyl (C=O) groups is 2. The Balaban J connectivity index is 1.52. The summed E-state index contributed by atoms with van der Waals surface area (Å²) in [5.74, 6) is -0.415. The second-order valence-electron chi connectivity index (χ2n) is 7.08. The summed E-state index contributed by atoms with van der Waals surface area (Å²) in [6.45, 7) is 0.331. The van der Waals surface area contributed by atoms with Gasteiger partial charge in [0.15, 0.2) is 0 Å². The predicted molar refractivity (Wildman–Crippen MR) is 97.5 cm³/mol. The van der Waals surface area contributed by atoms with Crippen molar-refractivity contribution in [3.05, 3.63) is 65.0 Å². The smallest absolute Gasteiger partial charge is 0.251 e. The molecule has 0 aromatic heterocycles. The Labute approximate surface area is 152 Å². The van der Waals surface area contributed by atoms with Crippen LogP contribution in [0.25, 0.3) is 0 Å². The lowest BCUT2D eigenvalue weighted by Gasteiger charge is -2.18. The number of halogens is 1. The summed E-state index contributed by atoms with van der Waals surface area (Å²) in [5, 5.41) is 3.08. The molecule has 1 fully saturated rings. The van der Waals surface area contributed by atoms with Gasteiger partial charge < -0.3 is 10.2 Å². The molecule has 0 radical (unpaired) electrons. The number of carbonyl (C=O) groups excluding carboxylic acids is 2. The minimum atomic E-state index is -0.312. The van der Waals surface area contributed by atoms with E-state index >= 15 is 0 Å². The van der Waals surface area contributed by atoms with Gasteiger partial charge in [-0.15, -0.1) is 0 Å². The summed E-state index contributed by atoms with van der Waals surface area (Å²) in [7, 11) is 0. The Kier molecular flexibility index (Phi) is 4.45. The van der Waals surface area contributed by atoms with Crippen molar-refractivity contribution in [3.63, 3.8) is 0 Å². The quantitative estimate of drug-likeness (QED) is 0.914. The lowest BCUT2D eigenvalue weighted by molar-refractivity contribution is -0.117. The molecular formula is C21H21FN2O2. The van der Waals surface area contributed by atoms with Crippen LogP contribution in [0.4, 0.5) is 10.1 Å². The first-order valence-corrected chi connectivity index (χ1v) is 9.09. The Hall–Kier alpha value is -2.69. The van der Waals surface area contributed by atoms with Gasteiger partial charge in [0.25, 0.3) is 5.91 Å². The van der Waals surface area contributed by atoms with Crippen molar-refractivity contribution >= 4 is 17.5 Å². The highest BCUT2D eigenvalue weighted by Crippen LogP contribution is 2.31. The van der Waals surface area contributed by atoms with E-state index in [-0.39, 0.29) is 30.1 Å². The number of hydrogen-bond acceptors (Lipinski definition) is 2. The third kappa shape index (κ3) is 3.34. The van der Waals surface area contributed by atoms with E-state index in [4.69, 9.17) is 0 Å². The second-order valence-corrected chi connectivity index (χ2v) is 7.08.